The van der Waals surface area contributed by atoms with Crippen molar-refractivity contribution in [2.45, 2.75) is 26.3 Å². The molecule has 0 radical (unpaired) electrons. The van der Waals surface area contributed by atoms with E-state index in [-0.39, 0.29) is 0 Å². The fourth-order valence-electron chi connectivity index (χ4n) is 2.34. The zero-order chi connectivity index (χ0) is 11.5. The molecule has 0 saturated carbocycles. The number of benzene rings is 1. The van der Waals surface area contributed by atoms with Crippen molar-refractivity contribution < 1.29 is 0 Å². The minimum atomic E-state index is 0.552. The molecule has 16 heavy (non-hydrogen) atoms. The van der Waals surface area contributed by atoms with E-state index in [0.717, 1.165) is 35.3 Å². The summed E-state index contributed by atoms with van der Waals surface area (Å²) in [6, 6.07) is 6.15. The maximum atomic E-state index is 6.29. The molecule has 0 amide bonds. The van der Waals surface area contributed by atoms with Crippen molar-refractivity contribution >= 4 is 17.3 Å². The highest BCUT2D eigenvalue weighted by Gasteiger charge is 2.18. The molecule has 1 aliphatic heterocycles. The van der Waals surface area contributed by atoms with E-state index in [4.69, 9.17) is 17.3 Å². The van der Waals surface area contributed by atoms with Gasteiger partial charge < -0.3 is 10.6 Å². The van der Waals surface area contributed by atoms with Gasteiger partial charge in [0.2, 0.25) is 0 Å². The van der Waals surface area contributed by atoms with Gasteiger partial charge in [-0.05, 0) is 36.5 Å². The molecular formula is C13H19ClN2. The van der Waals surface area contributed by atoms with Gasteiger partial charge in [-0.2, -0.15) is 0 Å². The van der Waals surface area contributed by atoms with E-state index >= 15 is 0 Å². The van der Waals surface area contributed by atoms with E-state index < -0.39 is 0 Å². The van der Waals surface area contributed by atoms with E-state index in [9.17, 15) is 0 Å². The van der Waals surface area contributed by atoms with Gasteiger partial charge in [-0.3, -0.25) is 0 Å². The van der Waals surface area contributed by atoms with Gasteiger partial charge in [0.1, 0.15) is 0 Å². The first-order chi connectivity index (χ1) is 7.70. The molecule has 1 aromatic carbocycles. The third-order valence-corrected chi connectivity index (χ3v) is 3.55. The molecule has 1 aromatic rings. The summed E-state index contributed by atoms with van der Waals surface area (Å²) in [7, 11) is 0. The number of nitrogens with two attached hydrogens (primary N) is 1. The van der Waals surface area contributed by atoms with Crippen LogP contribution in [0.1, 0.15) is 25.3 Å². The molecule has 1 heterocycles. The molecule has 88 valence electrons. The Hall–Kier alpha value is -0.730. The molecule has 1 fully saturated rings. The van der Waals surface area contributed by atoms with Gasteiger partial charge in [0.05, 0.1) is 10.7 Å². The first kappa shape index (κ1) is 11.7. The lowest BCUT2D eigenvalue weighted by molar-refractivity contribution is 0.447. The molecule has 3 heteroatoms. The fourth-order valence-corrected chi connectivity index (χ4v) is 2.66. The molecule has 0 aliphatic carbocycles. The highest BCUT2D eigenvalue weighted by Crippen LogP contribution is 2.30. The van der Waals surface area contributed by atoms with Gasteiger partial charge in [-0.25, -0.2) is 0 Å². The average molecular weight is 239 g/mol. The van der Waals surface area contributed by atoms with Crippen molar-refractivity contribution in [1.29, 1.82) is 0 Å². The first-order valence-corrected chi connectivity index (χ1v) is 6.32. The predicted molar refractivity (Wildman–Crippen MR) is 70.0 cm³/mol. The Morgan fingerprint density at radius 3 is 2.94 bits per heavy atom. The predicted octanol–water partition coefficient (Wildman–Crippen LogP) is 3.04. The molecular weight excluding hydrogens is 220 g/mol. The Morgan fingerprint density at radius 1 is 1.50 bits per heavy atom. The smallest absolute Gasteiger partial charge is 0.0642 e. The SMILES string of the molecule is CC1CCCN(c2ccc(CN)cc2Cl)C1. The Bertz CT molecular complexity index is 365. The van der Waals surface area contributed by atoms with Crippen LogP contribution in [0, 0.1) is 5.92 Å². The number of hydrogen-bond acceptors (Lipinski definition) is 2. The van der Waals surface area contributed by atoms with Crippen molar-refractivity contribution in [2.75, 3.05) is 18.0 Å². The maximum absolute atomic E-state index is 6.29. The van der Waals surface area contributed by atoms with Gasteiger partial charge in [0.15, 0.2) is 0 Å². The van der Waals surface area contributed by atoms with Crippen molar-refractivity contribution in [2.24, 2.45) is 11.7 Å². The summed E-state index contributed by atoms with van der Waals surface area (Å²) >= 11 is 6.29. The highest BCUT2D eigenvalue weighted by molar-refractivity contribution is 6.33. The number of hydrogen-bond donors (Lipinski definition) is 1. The number of halogens is 1. The Balaban J connectivity index is 2.19. The maximum Gasteiger partial charge on any atom is 0.0642 e. The zero-order valence-electron chi connectivity index (χ0n) is 9.75. The normalized spacial score (nSPS) is 21.2. The lowest BCUT2D eigenvalue weighted by atomic mass is 9.99. The molecule has 1 unspecified atom stereocenters. The quantitative estimate of drug-likeness (QED) is 0.858. The van der Waals surface area contributed by atoms with Crippen LogP contribution in [0.15, 0.2) is 18.2 Å². The van der Waals surface area contributed by atoms with E-state index in [2.05, 4.69) is 24.0 Å². The number of nitrogens with zero attached hydrogens (tertiary/aromatic N) is 1. The van der Waals surface area contributed by atoms with Crippen LogP contribution >= 0.6 is 11.6 Å². The number of anilines is 1. The Morgan fingerprint density at radius 2 is 2.31 bits per heavy atom. The number of rotatable bonds is 2. The third-order valence-electron chi connectivity index (χ3n) is 3.25. The average Bonchev–Trinajstić information content (AvgIpc) is 2.28. The summed E-state index contributed by atoms with van der Waals surface area (Å²) < 4.78 is 0. The van der Waals surface area contributed by atoms with Crippen molar-refractivity contribution in [3.05, 3.63) is 28.8 Å². The van der Waals surface area contributed by atoms with E-state index in [1.54, 1.807) is 0 Å². The van der Waals surface area contributed by atoms with Crippen LogP contribution < -0.4 is 10.6 Å². The minimum absolute atomic E-state index is 0.552. The Labute approximate surface area is 102 Å². The molecule has 1 saturated heterocycles. The third kappa shape index (κ3) is 2.50. The van der Waals surface area contributed by atoms with Crippen molar-refractivity contribution in [1.82, 2.24) is 0 Å². The van der Waals surface area contributed by atoms with E-state index in [1.807, 2.05) is 6.07 Å². The van der Waals surface area contributed by atoms with Crippen LogP contribution in [-0.2, 0) is 6.54 Å². The second kappa shape index (κ2) is 5.07. The monoisotopic (exact) mass is 238 g/mol. The largest absolute Gasteiger partial charge is 0.370 e. The van der Waals surface area contributed by atoms with Gasteiger partial charge >= 0.3 is 0 Å². The van der Waals surface area contributed by atoms with Gasteiger partial charge in [-0.15, -0.1) is 0 Å². The summed E-state index contributed by atoms with van der Waals surface area (Å²) in [5.41, 5.74) is 7.85. The summed E-state index contributed by atoms with van der Waals surface area (Å²) in [6.45, 7) is 5.08. The minimum Gasteiger partial charge on any atom is -0.370 e. The highest BCUT2D eigenvalue weighted by atomic mass is 35.5. The first-order valence-electron chi connectivity index (χ1n) is 5.94. The van der Waals surface area contributed by atoms with Gasteiger partial charge in [0, 0.05) is 19.6 Å². The summed E-state index contributed by atoms with van der Waals surface area (Å²) in [4.78, 5) is 2.39. The second-order valence-corrected chi connectivity index (χ2v) is 5.09. The van der Waals surface area contributed by atoms with Crippen LogP contribution in [-0.4, -0.2) is 13.1 Å². The van der Waals surface area contributed by atoms with Crippen molar-refractivity contribution in [3.63, 3.8) is 0 Å². The molecule has 2 rings (SSSR count). The van der Waals surface area contributed by atoms with E-state index in [1.165, 1.54) is 12.8 Å². The lowest BCUT2D eigenvalue weighted by Gasteiger charge is -2.33. The zero-order valence-corrected chi connectivity index (χ0v) is 10.5. The summed E-state index contributed by atoms with van der Waals surface area (Å²) in [5, 5.41) is 0.831. The van der Waals surface area contributed by atoms with Gasteiger partial charge in [0.25, 0.3) is 0 Å². The lowest BCUT2D eigenvalue weighted by Crippen LogP contribution is -2.34. The molecule has 0 aromatic heterocycles. The standard InChI is InChI=1S/C13H19ClN2/c1-10-3-2-6-16(9-10)13-5-4-11(8-15)7-12(13)14/h4-5,7,10H,2-3,6,8-9,15H2,1H3. The van der Waals surface area contributed by atoms with E-state index in [0.29, 0.717) is 6.54 Å². The topological polar surface area (TPSA) is 29.3 Å². The molecule has 2 nitrogen and oxygen atoms in total. The summed E-state index contributed by atoms with van der Waals surface area (Å²) in [6.07, 6.45) is 2.59. The molecule has 1 aliphatic rings. The second-order valence-electron chi connectivity index (χ2n) is 4.68. The van der Waals surface area contributed by atoms with Crippen LogP contribution in [0.3, 0.4) is 0 Å². The molecule has 1 atom stereocenters. The molecule has 0 spiro atoms. The Kier molecular flexibility index (Phi) is 3.72. The van der Waals surface area contributed by atoms with Crippen LogP contribution in [0.25, 0.3) is 0 Å². The fraction of sp³-hybridized carbons (Fsp3) is 0.538. The van der Waals surface area contributed by atoms with Crippen LogP contribution in [0.2, 0.25) is 5.02 Å². The van der Waals surface area contributed by atoms with Crippen LogP contribution in [0.5, 0.6) is 0 Å². The van der Waals surface area contributed by atoms with Gasteiger partial charge in [-0.1, -0.05) is 24.6 Å². The molecule has 0 bridgehead atoms. The molecule has 2 N–H and O–H groups in total. The number of piperidine rings is 1. The van der Waals surface area contributed by atoms with Crippen molar-refractivity contribution in [3.8, 4) is 0 Å². The van der Waals surface area contributed by atoms with Crippen LogP contribution in [0.4, 0.5) is 5.69 Å². The summed E-state index contributed by atoms with van der Waals surface area (Å²) in [5.74, 6) is 0.763.